The van der Waals surface area contributed by atoms with Crippen LogP contribution in [-0.4, -0.2) is 10.8 Å². The van der Waals surface area contributed by atoms with Crippen molar-refractivity contribution in [3.63, 3.8) is 0 Å². The second-order valence-corrected chi connectivity index (χ2v) is 4.83. The van der Waals surface area contributed by atoms with Crippen molar-refractivity contribution in [1.82, 2.24) is 0 Å². The summed E-state index contributed by atoms with van der Waals surface area (Å²) in [5.41, 5.74) is -1.09. The van der Waals surface area contributed by atoms with Crippen LogP contribution in [0.25, 0.3) is 0 Å². The smallest absolute Gasteiger partial charge is 0.271 e. The van der Waals surface area contributed by atoms with Crippen molar-refractivity contribution in [3.05, 3.63) is 68.2 Å². The number of non-ortho nitro benzene ring substituents is 1. The van der Waals surface area contributed by atoms with E-state index in [9.17, 15) is 23.7 Å². The van der Waals surface area contributed by atoms with Gasteiger partial charge in [-0.1, -0.05) is 6.07 Å². The molecular formula is C13H7BrF2N2O3. The standard InChI is InChI=1S/C13H7BrF2N2O3/c14-9-3-1-2-8(12(9)16)13(19)17-11-6-7(18(20)21)4-5-10(11)15/h1-6H,(H,17,19). The number of hydrogen-bond acceptors (Lipinski definition) is 3. The van der Waals surface area contributed by atoms with Gasteiger partial charge in [-0.3, -0.25) is 14.9 Å². The third-order valence-corrected chi connectivity index (χ3v) is 3.22. The first-order valence-corrected chi connectivity index (χ1v) is 6.38. The summed E-state index contributed by atoms with van der Waals surface area (Å²) in [5.74, 6) is -2.57. The van der Waals surface area contributed by atoms with E-state index in [0.717, 1.165) is 18.2 Å². The third kappa shape index (κ3) is 3.22. The maximum Gasteiger partial charge on any atom is 0.271 e. The van der Waals surface area contributed by atoms with Gasteiger partial charge in [0.15, 0.2) is 0 Å². The molecule has 0 heterocycles. The van der Waals surface area contributed by atoms with E-state index in [2.05, 4.69) is 21.2 Å². The molecule has 2 aromatic carbocycles. The van der Waals surface area contributed by atoms with Crippen LogP contribution < -0.4 is 5.32 Å². The quantitative estimate of drug-likeness (QED) is 0.669. The fourth-order valence-corrected chi connectivity index (χ4v) is 1.96. The lowest BCUT2D eigenvalue weighted by Gasteiger charge is -2.07. The van der Waals surface area contributed by atoms with Gasteiger partial charge >= 0.3 is 0 Å². The molecule has 0 bridgehead atoms. The molecule has 0 aromatic heterocycles. The number of nitrogens with zero attached hydrogens (tertiary/aromatic N) is 1. The van der Waals surface area contributed by atoms with Crippen molar-refractivity contribution in [2.75, 3.05) is 5.32 Å². The Morgan fingerprint density at radius 1 is 1.24 bits per heavy atom. The SMILES string of the molecule is O=C(Nc1cc([N+](=O)[O-])ccc1F)c1cccc(Br)c1F. The molecule has 5 nitrogen and oxygen atoms in total. The van der Waals surface area contributed by atoms with Crippen LogP contribution in [0.5, 0.6) is 0 Å². The lowest BCUT2D eigenvalue weighted by Crippen LogP contribution is -2.15. The van der Waals surface area contributed by atoms with Crippen molar-refractivity contribution in [2.45, 2.75) is 0 Å². The second-order valence-electron chi connectivity index (χ2n) is 3.98. The zero-order valence-electron chi connectivity index (χ0n) is 10.3. The van der Waals surface area contributed by atoms with Crippen LogP contribution in [0, 0.1) is 21.7 Å². The first-order valence-electron chi connectivity index (χ1n) is 5.59. The van der Waals surface area contributed by atoms with Gasteiger partial charge in [-0.15, -0.1) is 0 Å². The average molecular weight is 357 g/mol. The highest BCUT2D eigenvalue weighted by molar-refractivity contribution is 9.10. The molecule has 0 fully saturated rings. The highest BCUT2D eigenvalue weighted by Crippen LogP contribution is 2.23. The highest BCUT2D eigenvalue weighted by atomic mass is 79.9. The van der Waals surface area contributed by atoms with Gasteiger partial charge in [-0.25, -0.2) is 8.78 Å². The monoisotopic (exact) mass is 356 g/mol. The van der Waals surface area contributed by atoms with Gasteiger partial charge in [0.2, 0.25) is 0 Å². The van der Waals surface area contributed by atoms with Gasteiger partial charge in [0.1, 0.15) is 11.6 Å². The van der Waals surface area contributed by atoms with Crippen molar-refractivity contribution >= 4 is 33.2 Å². The summed E-state index contributed by atoms with van der Waals surface area (Å²) in [4.78, 5) is 21.8. The van der Waals surface area contributed by atoms with E-state index in [4.69, 9.17) is 0 Å². The Labute approximate surface area is 125 Å². The number of carbonyl (C=O) groups excluding carboxylic acids is 1. The maximum atomic E-state index is 13.8. The summed E-state index contributed by atoms with van der Waals surface area (Å²) in [5, 5.41) is 12.7. The number of carbonyl (C=O) groups is 1. The minimum atomic E-state index is -0.909. The highest BCUT2D eigenvalue weighted by Gasteiger charge is 2.17. The van der Waals surface area contributed by atoms with Gasteiger partial charge < -0.3 is 5.32 Å². The zero-order valence-corrected chi connectivity index (χ0v) is 11.9. The molecule has 2 aromatic rings. The summed E-state index contributed by atoms with van der Waals surface area (Å²) in [6.07, 6.45) is 0. The fraction of sp³-hybridized carbons (Fsp3) is 0. The molecule has 108 valence electrons. The first-order chi connectivity index (χ1) is 9.90. The number of hydrogen-bond donors (Lipinski definition) is 1. The van der Waals surface area contributed by atoms with Gasteiger partial charge in [0.25, 0.3) is 11.6 Å². The van der Waals surface area contributed by atoms with Crippen LogP contribution >= 0.6 is 15.9 Å². The van der Waals surface area contributed by atoms with Crippen LogP contribution in [0.15, 0.2) is 40.9 Å². The summed E-state index contributed by atoms with van der Waals surface area (Å²) >= 11 is 2.93. The average Bonchev–Trinajstić information content (AvgIpc) is 2.43. The Hall–Kier alpha value is -2.35. The number of nitro benzene ring substituents is 1. The number of amides is 1. The molecule has 2 rings (SSSR count). The van der Waals surface area contributed by atoms with Crippen molar-refractivity contribution < 1.29 is 18.5 Å². The van der Waals surface area contributed by atoms with E-state index in [1.54, 1.807) is 0 Å². The molecule has 0 spiro atoms. The van der Waals surface area contributed by atoms with Crippen LogP contribution in [-0.2, 0) is 0 Å². The molecular weight excluding hydrogens is 350 g/mol. The van der Waals surface area contributed by atoms with Gasteiger partial charge in [-0.05, 0) is 34.1 Å². The Balaban J connectivity index is 2.33. The van der Waals surface area contributed by atoms with E-state index >= 15 is 0 Å². The summed E-state index contributed by atoms with van der Waals surface area (Å²) in [6, 6.07) is 6.73. The predicted octanol–water partition coefficient (Wildman–Crippen LogP) is 3.89. The van der Waals surface area contributed by atoms with Crippen molar-refractivity contribution in [2.24, 2.45) is 0 Å². The number of benzene rings is 2. The molecule has 0 radical (unpaired) electrons. The normalized spacial score (nSPS) is 10.2. The lowest BCUT2D eigenvalue weighted by molar-refractivity contribution is -0.384. The van der Waals surface area contributed by atoms with E-state index < -0.39 is 28.2 Å². The number of nitro groups is 1. The van der Waals surface area contributed by atoms with Crippen LogP contribution in [0.2, 0.25) is 0 Å². The molecule has 0 atom stereocenters. The minimum Gasteiger partial charge on any atom is -0.319 e. The first kappa shape index (κ1) is 15.0. The summed E-state index contributed by atoms with van der Waals surface area (Å²) in [7, 11) is 0. The predicted molar refractivity (Wildman–Crippen MR) is 75.1 cm³/mol. The van der Waals surface area contributed by atoms with Gasteiger partial charge in [0, 0.05) is 12.1 Å². The fourth-order valence-electron chi connectivity index (χ4n) is 1.59. The summed E-state index contributed by atoms with van der Waals surface area (Å²) < 4.78 is 27.4. The molecule has 0 aliphatic heterocycles. The van der Waals surface area contributed by atoms with E-state index in [1.807, 2.05) is 0 Å². The van der Waals surface area contributed by atoms with Crippen LogP contribution in [0.3, 0.4) is 0 Å². The molecule has 0 unspecified atom stereocenters. The lowest BCUT2D eigenvalue weighted by atomic mass is 10.2. The molecule has 21 heavy (non-hydrogen) atoms. The Morgan fingerprint density at radius 3 is 2.62 bits per heavy atom. The number of nitrogens with one attached hydrogen (secondary N) is 1. The number of anilines is 1. The minimum absolute atomic E-state index is 0.0784. The molecule has 0 aliphatic rings. The zero-order chi connectivity index (χ0) is 15.6. The van der Waals surface area contributed by atoms with Gasteiger partial charge in [0.05, 0.1) is 20.6 Å². The molecule has 1 N–H and O–H groups in total. The molecule has 0 saturated heterocycles. The molecule has 0 aliphatic carbocycles. The van der Waals surface area contributed by atoms with Crippen molar-refractivity contribution in [1.29, 1.82) is 0 Å². The third-order valence-electron chi connectivity index (χ3n) is 2.61. The Morgan fingerprint density at radius 2 is 1.95 bits per heavy atom. The Bertz CT molecular complexity index is 737. The molecule has 0 saturated carbocycles. The molecule has 8 heteroatoms. The Kier molecular flexibility index (Phi) is 4.27. The summed E-state index contributed by atoms with van der Waals surface area (Å²) in [6.45, 7) is 0. The maximum absolute atomic E-state index is 13.8. The second kappa shape index (κ2) is 5.96. The van der Waals surface area contributed by atoms with Gasteiger partial charge in [-0.2, -0.15) is 0 Å². The van der Waals surface area contributed by atoms with E-state index in [1.165, 1.54) is 18.2 Å². The van der Waals surface area contributed by atoms with E-state index in [-0.39, 0.29) is 15.7 Å². The van der Waals surface area contributed by atoms with Crippen LogP contribution in [0.1, 0.15) is 10.4 Å². The largest absolute Gasteiger partial charge is 0.319 e. The van der Waals surface area contributed by atoms with Crippen molar-refractivity contribution in [3.8, 4) is 0 Å². The number of rotatable bonds is 3. The molecule has 1 amide bonds. The topological polar surface area (TPSA) is 72.2 Å². The number of halogens is 3. The van der Waals surface area contributed by atoms with E-state index in [0.29, 0.717) is 0 Å². The van der Waals surface area contributed by atoms with Crippen LogP contribution in [0.4, 0.5) is 20.2 Å².